The van der Waals surface area contributed by atoms with Crippen molar-refractivity contribution in [1.29, 1.82) is 0 Å². The summed E-state index contributed by atoms with van der Waals surface area (Å²) < 4.78 is 0. The zero-order chi connectivity index (χ0) is 38.9. The lowest BCUT2D eigenvalue weighted by Gasteiger charge is -2.23. The van der Waals surface area contributed by atoms with Gasteiger partial charge in [0.15, 0.2) is 0 Å². The standard InChI is InChI=1S/C58H42/c1-57(2)53-19-11-9-17-44(53)46-27-24-39(31-55(46)57)48-34-52-50-30-38(37-22-21-35-13-5-6-14-36(35)29-37)23-26-43(50)49(33-51(52)42-16-8-7-15-41(42)48)40-25-28-47-45-18-10-12-20-54(45)58(3,4)56(47)32-40/h5-34H,1-4H3. The van der Waals surface area contributed by atoms with Crippen molar-refractivity contribution in [2.24, 2.45) is 0 Å². The van der Waals surface area contributed by atoms with Gasteiger partial charge in [-0.15, -0.1) is 0 Å². The molecule has 0 amide bonds. The first-order valence-electron chi connectivity index (χ1n) is 20.7. The SMILES string of the molecule is CC1(C)c2ccccc2-c2ccc(-c3cc4c5cc(-c6ccc7ccccc7c6)ccc5c(-c5ccc6c(c5)C(C)(C)c5ccccc5-6)cc4c4ccccc34)cc21. The number of rotatable bonds is 3. The van der Waals surface area contributed by atoms with Crippen LogP contribution in [0.25, 0.3) is 98.7 Å². The van der Waals surface area contributed by atoms with Crippen molar-refractivity contribution < 1.29 is 0 Å². The van der Waals surface area contributed by atoms with Crippen LogP contribution in [0.4, 0.5) is 0 Å². The molecule has 10 aromatic rings. The van der Waals surface area contributed by atoms with E-state index in [1.165, 1.54) is 121 Å². The van der Waals surface area contributed by atoms with Crippen molar-refractivity contribution in [3.63, 3.8) is 0 Å². The van der Waals surface area contributed by atoms with E-state index in [1.54, 1.807) is 0 Å². The lowest BCUT2D eigenvalue weighted by molar-refractivity contribution is 0.660. The third-order valence-electron chi connectivity index (χ3n) is 13.8. The summed E-state index contributed by atoms with van der Waals surface area (Å²) >= 11 is 0. The van der Waals surface area contributed by atoms with E-state index in [2.05, 4.69) is 210 Å². The molecule has 0 aromatic heterocycles. The van der Waals surface area contributed by atoms with E-state index in [0.717, 1.165) is 0 Å². The van der Waals surface area contributed by atoms with Crippen molar-refractivity contribution in [1.82, 2.24) is 0 Å². The van der Waals surface area contributed by atoms with Crippen LogP contribution in [0.15, 0.2) is 182 Å². The van der Waals surface area contributed by atoms with Gasteiger partial charge in [-0.25, -0.2) is 0 Å². The first-order valence-corrected chi connectivity index (χ1v) is 20.7. The highest BCUT2D eigenvalue weighted by Gasteiger charge is 2.36. The Morgan fingerprint density at radius 1 is 0.241 bits per heavy atom. The largest absolute Gasteiger partial charge is 0.0619 e. The molecule has 2 aliphatic rings. The quantitative estimate of drug-likeness (QED) is 0.158. The van der Waals surface area contributed by atoms with Gasteiger partial charge in [0.1, 0.15) is 0 Å². The molecule has 2 aliphatic carbocycles. The van der Waals surface area contributed by atoms with Crippen LogP contribution in [0, 0.1) is 0 Å². The molecule has 0 spiro atoms. The van der Waals surface area contributed by atoms with Gasteiger partial charge in [0.2, 0.25) is 0 Å². The monoisotopic (exact) mass is 738 g/mol. The van der Waals surface area contributed by atoms with Gasteiger partial charge in [0.25, 0.3) is 0 Å². The molecule has 0 unspecified atom stereocenters. The topological polar surface area (TPSA) is 0 Å². The van der Waals surface area contributed by atoms with Crippen LogP contribution in [-0.4, -0.2) is 0 Å². The maximum atomic E-state index is 2.49. The average Bonchev–Trinajstić information content (AvgIpc) is 3.64. The molecule has 0 heterocycles. The van der Waals surface area contributed by atoms with Gasteiger partial charge in [-0.3, -0.25) is 0 Å². The Labute approximate surface area is 340 Å². The minimum atomic E-state index is -0.0781. The summed E-state index contributed by atoms with van der Waals surface area (Å²) in [4.78, 5) is 0. The van der Waals surface area contributed by atoms with Gasteiger partial charge in [-0.1, -0.05) is 173 Å². The third-order valence-corrected chi connectivity index (χ3v) is 13.8. The van der Waals surface area contributed by atoms with Crippen LogP contribution >= 0.6 is 0 Å². The molecule has 0 aliphatic heterocycles. The molecule has 0 fully saturated rings. The summed E-state index contributed by atoms with van der Waals surface area (Å²) in [6, 6.07) is 69.0. The van der Waals surface area contributed by atoms with Gasteiger partial charge in [-0.2, -0.15) is 0 Å². The Kier molecular flexibility index (Phi) is 6.84. The highest BCUT2D eigenvalue weighted by atomic mass is 14.4. The maximum absolute atomic E-state index is 2.49. The third kappa shape index (κ3) is 4.63. The summed E-state index contributed by atoms with van der Waals surface area (Å²) in [5.41, 5.74) is 18.4. The molecule has 0 heteroatoms. The second kappa shape index (κ2) is 11.9. The highest BCUT2D eigenvalue weighted by Crippen LogP contribution is 2.52. The normalized spacial score (nSPS) is 14.5. The van der Waals surface area contributed by atoms with Gasteiger partial charge in [-0.05, 0) is 157 Å². The van der Waals surface area contributed by atoms with Gasteiger partial charge >= 0.3 is 0 Å². The Bertz CT molecular complexity index is 3390. The maximum Gasteiger partial charge on any atom is 0.0159 e. The zero-order valence-electron chi connectivity index (χ0n) is 33.3. The number of hydrogen-bond donors (Lipinski definition) is 0. The lowest BCUT2D eigenvalue weighted by atomic mass is 9.80. The zero-order valence-corrected chi connectivity index (χ0v) is 33.3. The first-order chi connectivity index (χ1) is 28.3. The molecule has 0 atom stereocenters. The molecule has 0 nitrogen and oxygen atoms in total. The van der Waals surface area contributed by atoms with Crippen LogP contribution in [0.5, 0.6) is 0 Å². The minimum absolute atomic E-state index is 0.0727. The number of benzene rings is 10. The number of fused-ring (bicyclic) bond motifs is 12. The fraction of sp³-hybridized carbons (Fsp3) is 0.103. The predicted molar refractivity (Wildman–Crippen MR) is 248 cm³/mol. The van der Waals surface area contributed by atoms with Crippen molar-refractivity contribution >= 4 is 43.1 Å². The van der Waals surface area contributed by atoms with Crippen molar-refractivity contribution in [3.8, 4) is 55.6 Å². The molecule has 0 bridgehead atoms. The Morgan fingerprint density at radius 3 is 1.31 bits per heavy atom. The van der Waals surface area contributed by atoms with Gasteiger partial charge in [0.05, 0.1) is 0 Å². The van der Waals surface area contributed by atoms with E-state index in [9.17, 15) is 0 Å². The van der Waals surface area contributed by atoms with Crippen LogP contribution in [-0.2, 0) is 10.8 Å². The van der Waals surface area contributed by atoms with E-state index < -0.39 is 0 Å². The van der Waals surface area contributed by atoms with Gasteiger partial charge < -0.3 is 0 Å². The summed E-state index contributed by atoms with van der Waals surface area (Å²) in [6.07, 6.45) is 0. The molecular formula is C58H42. The van der Waals surface area contributed by atoms with Crippen molar-refractivity contribution in [2.75, 3.05) is 0 Å². The summed E-state index contributed by atoms with van der Waals surface area (Å²) in [6.45, 7) is 9.51. The van der Waals surface area contributed by atoms with E-state index in [-0.39, 0.29) is 10.8 Å². The lowest BCUT2D eigenvalue weighted by Crippen LogP contribution is -2.14. The van der Waals surface area contributed by atoms with Crippen molar-refractivity contribution in [2.45, 2.75) is 38.5 Å². The molecule has 274 valence electrons. The Balaban J connectivity index is 1.13. The fourth-order valence-corrected chi connectivity index (χ4v) is 10.8. The average molecular weight is 739 g/mol. The molecule has 0 saturated carbocycles. The van der Waals surface area contributed by atoms with Crippen LogP contribution in [0.1, 0.15) is 49.9 Å². The summed E-state index contributed by atoms with van der Waals surface area (Å²) in [5.74, 6) is 0. The van der Waals surface area contributed by atoms with Crippen LogP contribution in [0.2, 0.25) is 0 Å². The highest BCUT2D eigenvalue weighted by molar-refractivity contribution is 6.24. The van der Waals surface area contributed by atoms with E-state index >= 15 is 0 Å². The molecule has 0 saturated heterocycles. The molecule has 58 heavy (non-hydrogen) atoms. The first kappa shape index (κ1) is 33.4. The molecule has 12 rings (SSSR count). The molecule has 0 N–H and O–H groups in total. The number of hydrogen-bond acceptors (Lipinski definition) is 0. The molecular weight excluding hydrogens is 697 g/mol. The molecule has 0 radical (unpaired) electrons. The van der Waals surface area contributed by atoms with E-state index in [4.69, 9.17) is 0 Å². The Morgan fingerprint density at radius 2 is 0.672 bits per heavy atom. The van der Waals surface area contributed by atoms with E-state index in [1.807, 2.05) is 0 Å². The smallest absolute Gasteiger partial charge is 0.0159 e. The Hall–Kier alpha value is -6.76. The van der Waals surface area contributed by atoms with Crippen LogP contribution in [0.3, 0.4) is 0 Å². The predicted octanol–water partition coefficient (Wildman–Crippen LogP) is 15.9. The van der Waals surface area contributed by atoms with E-state index in [0.29, 0.717) is 0 Å². The summed E-state index contributed by atoms with van der Waals surface area (Å²) in [7, 11) is 0. The van der Waals surface area contributed by atoms with Crippen LogP contribution < -0.4 is 0 Å². The van der Waals surface area contributed by atoms with Gasteiger partial charge in [0, 0.05) is 10.8 Å². The van der Waals surface area contributed by atoms with Crippen molar-refractivity contribution in [3.05, 3.63) is 204 Å². The second-order valence-corrected chi connectivity index (χ2v) is 17.7. The molecule has 10 aromatic carbocycles. The minimum Gasteiger partial charge on any atom is -0.0619 e. The fourth-order valence-electron chi connectivity index (χ4n) is 10.8. The second-order valence-electron chi connectivity index (χ2n) is 17.7. The summed E-state index contributed by atoms with van der Waals surface area (Å²) in [5, 5.41) is 10.2.